The Morgan fingerprint density at radius 1 is 1.29 bits per heavy atom. The van der Waals surface area contributed by atoms with E-state index in [1.165, 1.54) is 12.4 Å². The smallest absolute Gasteiger partial charge is 0.276 e. The van der Waals surface area contributed by atoms with Gasteiger partial charge in [-0.25, -0.2) is 0 Å². The number of benzene rings is 1. The zero-order chi connectivity index (χ0) is 24.5. The molecule has 0 spiro atoms. The Kier molecular flexibility index (Phi) is 6.64. The summed E-state index contributed by atoms with van der Waals surface area (Å²) in [4.78, 5) is 19.3. The molecule has 3 aromatic heterocycles. The minimum atomic E-state index is -0.426. The molecule has 5 rings (SSSR count). The van der Waals surface area contributed by atoms with Gasteiger partial charge in [-0.3, -0.25) is 19.6 Å². The van der Waals surface area contributed by atoms with Crippen LogP contribution in [-0.4, -0.2) is 55.9 Å². The Balaban J connectivity index is 1.30. The van der Waals surface area contributed by atoms with Crippen molar-refractivity contribution >= 4 is 45.7 Å². The van der Waals surface area contributed by atoms with Gasteiger partial charge in [0, 0.05) is 42.6 Å². The Morgan fingerprint density at radius 3 is 2.83 bits per heavy atom. The number of aromatic amines is 1. The third-order valence-electron chi connectivity index (χ3n) is 6.18. The maximum atomic E-state index is 13.0. The van der Waals surface area contributed by atoms with E-state index in [2.05, 4.69) is 37.5 Å². The molecule has 1 amide bonds. The number of anilines is 1. The van der Waals surface area contributed by atoms with Gasteiger partial charge in [0.25, 0.3) is 5.91 Å². The quantitative estimate of drug-likeness (QED) is 0.367. The van der Waals surface area contributed by atoms with Gasteiger partial charge in [-0.15, -0.1) is 0 Å². The monoisotopic (exact) mass is 513 g/mol. The van der Waals surface area contributed by atoms with Crippen LogP contribution >= 0.6 is 23.2 Å². The predicted molar refractivity (Wildman–Crippen MR) is 135 cm³/mol. The second-order valence-corrected chi connectivity index (χ2v) is 9.69. The SMILES string of the molecule is CC(Oc1ccc2[nH]nc(C(=O)Nc3cnn(CC4CCN(C)C4)c3)c2c1)c1c(Cl)cncc1Cl. The molecule has 1 aliphatic heterocycles. The molecule has 2 unspecified atom stereocenters. The lowest BCUT2D eigenvalue weighted by molar-refractivity contribution is 0.102. The summed E-state index contributed by atoms with van der Waals surface area (Å²) in [6, 6.07) is 5.38. The number of pyridine rings is 1. The molecule has 1 saturated heterocycles. The van der Waals surface area contributed by atoms with Crippen molar-refractivity contribution in [3.05, 3.63) is 64.3 Å². The van der Waals surface area contributed by atoms with Crippen molar-refractivity contribution in [2.45, 2.75) is 26.0 Å². The molecule has 2 atom stereocenters. The van der Waals surface area contributed by atoms with Crippen LogP contribution in [0.2, 0.25) is 10.0 Å². The molecule has 4 heterocycles. The highest BCUT2D eigenvalue weighted by Gasteiger charge is 2.21. The molecule has 1 aromatic carbocycles. The molecule has 35 heavy (non-hydrogen) atoms. The Hall–Kier alpha value is -3.14. The number of nitrogens with one attached hydrogen (secondary N) is 2. The van der Waals surface area contributed by atoms with Crippen LogP contribution in [0.4, 0.5) is 5.69 Å². The minimum Gasteiger partial charge on any atom is -0.486 e. The van der Waals surface area contributed by atoms with Gasteiger partial charge in [0.15, 0.2) is 5.69 Å². The van der Waals surface area contributed by atoms with Gasteiger partial charge in [0.2, 0.25) is 0 Å². The Morgan fingerprint density at radius 2 is 2.09 bits per heavy atom. The second kappa shape index (κ2) is 9.85. The first-order chi connectivity index (χ1) is 16.9. The first-order valence-corrected chi connectivity index (χ1v) is 12.1. The van der Waals surface area contributed by atoms with Crippen molar-refractivity contribution < 1.29 is 9.53 Å². The first kappa shape index (κ1) is 23.6. The van der Waals surface area contributed by atoms with Gasteiger partial charge >= 0.3 is 0 Å². The number of aromatic nitrogens is 5. The summed E-state index contributed by atoms with van der Waals surface area (Å²) in [6.07, 6.45) is 7.29. The van der Waals surface area contributed by atoms with E-state index in [-0.39, 0.29) is 11.6 Å². The highest BCUT2D eigenvalue weighted by atomic mass is 35.5. The predicted octanol–water partition coefficient (Wildman–Crippen LogP) is 4.81. The van der Waals surface area contributed by atoms with Crippen LogP contribution in [0.25, 0.3) is 10.9 Å². The van der Waals surface area contributed by atoms with E-state index in [1.54, 1.807) is 18.3 Å². The third-order valence-corrected chi connectivity index (χ3v) is 6.79. The molecule has 0 aliphatic carbocycles. The molecule has 4 aromatic rings. The van der Waals surface area contributed by atoms with E-state index in [0.29, 0.717) is 38.3 Å². The summed E-state index contributed by atoms with van der Waals surface area (Å²) in [6.45, 7) is 4.84. The fourth-order valence-electron chi connectivity index (χ4n) is 4.47. The van der Waals surface area contributed by atoms with Crippen molar-refractivity contribution in [1.29, 1.82) is 0 Å². The molecule has 0 saturated carbocycles. The number of halogens is 2. The van der Waals surface area contributed by atoms with Crippen molar-refractivity contribution in [2.75, 3.05) is 25.5 Å². The summed E-state index contributed by atoms with van der Waals surface area (Å²) in [5, 5.41) is 15.9. The van der Waals surface area contributed by atoms with Crippen molar-refractivity contribution in [3.63, 3.8) is 0 Å². The lowest BCUT2D eigenvalue weighted by Gasteiger charge is -2.17. The van der Waals surface area contributed by atoms with Crippen LogP contribution in [0.15, 0.2) is 43.0 Å². The summed E-state index contributed by atoms with van der Waals surface area (Å²) >= 11 is 12.5. The highest BCUT2D eigenvalue weighted by Crippen LogP contribution is 2.33. The highest BCUT2D eigenvalue weighted by molar-refractivity contribution is 6.35. The largest absolute Gasteiger partial charge is 0.486 e. The van der Waals surface area contributed by atoms with Crippen LogP contribution < -0.4 is 10.1 Å². The van der Waals surface area contributed by atoms with E-state index >= 15 is 0 Å². The normalized spacial score (nSPS) is 17.1. The van der Waals surface area contributed by atoms with E-state index in [4.69, 9.17) is 27.9 Å². The van der Waals surface area contributed by atoms with Gasteiger partial charge in [-0.1, -0.05) is 23.2 Å². The van der Waals surface area contributed by atoms with Crippen molar-refractivity contribution in [3.8, 4) is 5.75 Å². The van der Waals surface area contributed by atoms with E-state index < -0.39 is 6.10 Å². The topological polar surface area (TPSA) is 101 Å². The summed E-state index contributed by atoms with van der Waals surface area (Å²) < 4.78 is 7.96. The molecule has 0 radical (unpaired) electrons. The average Bonchev–Trinajstić information content (AvgIpc) is 3.54. The van der Waals surface area contributed by atoms with Crippen LogP contribution in [0.5, 0.6) is 5.75 Å². The Bertz CT molecular complexity index is 1350. The molecular weight excluding hydrogens is 489 g/mol. The summed E-state index contributed by atoms with van der Waals surface area (Å²) in [5.41, 5.74) is 2.26. The van der Waals surface area contributed by atoms with Gasteiger partial charge in [0.1, 0.15) is 11.9 Å². The standard InChI is InChI=1S/C24H25Cl2N7O2/c1-14(22-19(25)9-27-10-20(22)26)35-17-3-4-21-18(7-17)23(31-30-21)24(34)29-16-8-28-33(13-16)12-15-5-6-32(2)11-15/h3-4,7-10,13-15H,5-6,11-12H2,1-2H3,(H,29,34)(H,30,31). The van der Waals surface area contributed by atoms with Gasteiger partial charge in [-0.05, 0) is 51.1 Å². The molecule has 11 heteroatoms. The molecule has 182 valence electrons. The second-order valence-electron chi connectivity index (χ2n) is 8.88. The molecule has 1 aliphatic rings. The van der Waals surface area contributed by atoms with Crippen LogP contribution in [0.3, 0.4) is 0 Å². The maximum absolute atomic E-state index is 13.0. The lowest BCUT2D eigenvalue weighted by Crippen LogP contribution is -2.17. The minimum absolute atomic E-state index is 0.267. The number of hydrogen-bond donors (Lipinski definition) is 2. The van der Waals surface area contributed by atoms with Crippen LogP contribution in [0.1, 0.15) is 35.5 Å². The maximum Gasteiger partial charge on any atom is 0.276 e. The number of likely N-dealkylation sites (tertiary alicyclic amines) is 1. The fraction of sp³-hybridized carbons (Fsp3) is 0.333. The van der Waals surface area contributed by atoms with Crippen LogP contribution in [0, 0.1) is 5.92 Å². The molecular formula is C24H25Cl2N7O2. The lowest BCUT2D eigenvalue weighted by atomic mass is 10.1. The molecule has 9 nitrogen and oxygen atoms in total. The first-order valence-electron chi connectivity index (χ1n) is 11.3. The molecule has 1 fully saturated rings. The number of ether oxygens (including phenoxy) is 1. The van der Waals surface area contributed by atoms with Gasteiger partial charge < -0.3 is 15.0 Å². The van der Waals surface area contributed by atoms with Gasteiger partial charge in [-0.2, -0.15) is 10.2 Å². The number of nitrogens with zero attached hydrogens (tertiary/aromatic N) is 5. The average molecular weight is 514 g/mol. The fourth-order valence-corrected chi connectivity index (χ4v) is 5.14. The zero-order valence-electron chi connectivity index (χ0n) is 19.3. The number of H-pyrrole nitrogens is 1. The summed E-state index contributed by atoms with van der Waals surface area (Å²) in [5.74, 6) is 0.789. The van der Waals surface area contributed by atoms with Crippen molar-refractivity contribution in [1.82, 2.24) is 29.9 Å². The molecule has 2 N–H and O–H groups in total. The van der Waals surface area contributed by atoms with E-state index in [0.717, 1.165) is 31.6 Å². The summed E-state index contributed by atoms with van der Waals surface area (Å²) in [7, 11) is 2.13. The Labute approximate surface area is 212 Å². The number of fused-ring (bicyclic) bond motifs is 1. The number of carbonyl (C=O) groups is 1. The number of amides is 1. The molecule has 0 bridgehead atoms. The van der Waals surface area contributed by atoms with E-state index in [9.17, 15) is 4.79 Å². The van der Waals surface area contributed by atoms with E-state index in [1.807, 2.05) is 23.9 Å². The van der Waals surface area contributed by atoms with Crippen molar-refractivity contribution in [2.24, 2.45) is 5.92 Å². The number of carbonyl (C=O) groups excluding carboxylic acids is 1. The zero-order valence-corrected chi connectivity index (χ0v) is 20.8. The number of rotatable bonds is 7. The number of hydrogen-bond acceptors (Lipinski definition) is 6. The third kappa shape index (κ3) is 5.12. The van der Waals surface area contributed by atoms with Gasteiger partial charge in [0.05, 0.1) is 27.4 Å². The van der Waals surface area contributed by atoms with Crippen LogP contribution in [-0.2, 0) is 6.54 Å².